The Labute approximate surface area is 104 Å². The minimum atomic E-state index is -1.09. The second-order valence-corrected chi connectivity index (χ2v) is 3.33. The van der Waals surface area contributed by atoms with E-state index < -0.39 is 17.9 Å². The van der Waals surface area contributed by atoms with E-state index in [-0.39, 0.29) is 24.7 Å². The third-order valence-electron chi connectivity index (χ3n) is 2.21. The van der Waals surface area contributed by atoms with E-state index in [0.29, 0.717) is 0 Å². The van der Waals surface area contributed by atoms with Crippen LogP contribution in [0.15, 0.2) is 12.1 Å². The molecule has 0 saturated heterocycles. The van der Waals surface area contributed by atoms with Crippen molar-refractivity contribution in [3.63, 3.8) is 0 Å². The number of ether oxygens (including phenoxy) is 4. The van der Waals surface area contributed by atoms with E-state index >= 15 is 0 Å². The van der Waals surface area contributed by atoms with Gasteiger partial charge in [-0.1, -0.05) is 0 Å². The van der Waals surface area contributed by atoms with Crippen molar-refractivity contribution in [2.24, 2.45) is 0 Å². The Morgan fingerprint density at radius 3 is 1.94 bits per heavy atom. The molecule has 1 rings (SSSR count). The second kappa shape index (κ2) is 7.13. The van der Waals surface area contributed by atoms with Crippen LogP contribution in [0.1, 0.15) is 6.92 Å². The highest BCUT2D eigenvalue weighted by molar-refractivity contribution is 5.35. The lowest BCUT2D eigenvalue weighted by atomic mass is 10.3. The third-order valence-corrected chi connectivity index (χ3v) is 2.21. The maximum atomic E-state index is 13.6. The van der Waals surface area contributed by atoms with Gasteiger partial charge in [0.2, 0.25) is 11.6 Å². The summed E-state index contributed by atoms with van der Waals surface area (Å²) in [5.41, 5.74) is 0. The van der Waals surface area contributed by atoms with Gasteiger partial charge in [0.25, 0.3) is 0 Å². The maximum absolute atomic E-state index is 13.6. The van der Waals surface area contributed by atoms with Gasteiger partial charge in [-0.05, 0) is 19.1 Å². The van der Waals surface area contributed by atoms with Crippen molar-refractivity contribution in [1.29, 1.82) is 0 Å². The molecule has 0 N–H and O–H groups in total. The molecule has 0 atom stereocenters. The van der Waals surface area contributed by atoms with Gasteiger partial charge in [0.05, 0.1) is 6.61 Å². The lowest BCUT2D eigenvalue weighted by molar-refractivity contribution is -0.122. The van der Waals surface area contributed by atoms with E-state index in [1.165, 1.54) is 26.4 Å². The molecule has 0 bridgehead atoms. The minimum absolute atomic E-state index is 0.0443. The van der Waals surface area contributed by atoms with Crippen molar-refractivity contribution in [1.82, 2.24) is 0 Å². The summed E-state index contributed by atoms with van der Waals surface area (Å²) in [4.78, 5) is 0. The van der Waals surface area contributed by atoms with Crippen molar-refractivity contribution in [2.45, 2.75) is 13.2 Å². The predicted molar refractivity (Wildman–Crippen MR) is 60.8 cm³/mol. The predicted octanol–water partition coefficient (Wildman–Crippen LogP) is 2.36. The fraction of sp³-hybridized carbons (Fsp3) is 0.500. The molecule has 0 radical (unpaired) electrons. The molecule has 4 nitrogen and oxygen atoms in total. The lowest BCUT2D eigenvalue weighted by Crippen LogP contribution is -2.22. The molecule has 0 spiro atoms. The van der Waals surface area contributed by atoms with Crippen LogP contribution in [0.4, 0.5) is 8.78 Å². The van der Waals surface area contributed by atoms with E-state index in [4.69, 9.17) is 18.9 Å². The number of rotatable bonds is 7. The first-order chi connectivity index (χ1) is 8.63. The monoisotopic (exact) mass is 262 g/mol. The fourth-order valence-corrected chi connectivity index (χ4v) is 1.28. The molecule has 0 unspecified atom stereocenters. The summed E-state index contributed by atoms with van der Waals surface area (Å²) in [5.74, 6) is -2.51. The first kappa shape index (κ1) is 14.7. The highest BCUT2D eigenvalue weighted by atomic mass is 19.2. The number of halogens is 2. The van der Waals surface area contributed by atoms with Crippen LogP contribution in [-0.4, -0.2) is 33.7 Å². The standard InChI is InChI=1S/C12H16F2O4/c1-4-17-8-5-6-9(12(14)11(8)13)18-7-10(15-2)16-3/h5-6,10H,4,7H2,1-3H3. The number of hydrogen-bond acceptors (Lipinski definition) is 4. The molecule has 6 heteroatoms. The Bertz CT molecular complexity index is 381. The molecule has 0 amide bonds. The van der Waals surface area contributed by atoms with E-state index in [2.05, 4.69) is 0 Å². The van der Waals surface area contributed by atoms with Crippen molar-refractivity contribution in [3.8, 4) is 11.5 Å². The van der Waals surface area contributed by atoms with Gasteiger partial charge in [-0.3, -0.25) is 0 Å². The van der Waals surface area contributed by atoms with E-state index in [1.54, 1.807) is 6.92 Å². The topological polar surface area (TPSA) is 36.9 Å². The average Bonchev–Trinajstić information content (AvgIpc) is 2.38. The smallest absolute Gasteiger partial charge is 0.204 e. The summed E-state index contributed by atoms with van der Waals surface area (Å²) in [5, 5.41) is 0. The van der Waals surface area contributed by atoms with Crippen LogP contribution in [0, 0.1) is 11.6 Å². The second-order valence-electron chi connectivity index (χ2n) is 3.33. The maximum Gasteiger partial charge on any atom is 0.204 e. The van der Waals surface area contributed by atoms with Crippen molar-refractivity contribution >= 4 is 0 Å². The largest absolute Gasteiger partial charge is 0.491 e. The first-order valence-electron chi connectivity index (χ1n) is 5.43. The van der Waals surface area contributed by atoms with Gasteiger partial charge in [-0.15, -0.1) is 0 Å². The Morgan fingerprint density at radius 2 is 1.50 bits per heavy atom. The molecular formula is C12H16F2O4. The van der Waals surface area contributed by atoms with Crippen LogP contribution in [0.25, 0.3) is 0 Å². The Morgan fingerprint density at radius 1 is 1.00 bits per heavy atom. The molecule has 0 saturated carbocycles. The summed E-state index contributed by atoms with van der Waals surface area (Å²) in [6.45, 7) is 1.90. The number of hydrogen-bond donors (Lipinski definition) is 0. The molecule has 1 aromatic rings. The van der Waals surface area contributed by atoms with Gasteiger partial charge in [0.15, 0.2) is 17.8 Å². The summed E-state index contributed by atoms with van der Waals surface area (Å²) in [6.07, 6.45) is -0.640. The average molecular weight is 262 g/mol. The minimum Gasteiger partial charge on any atom is -0.491 e. The zero-order valence-corrected chi connectivity index (χ0v) is 10.5. The first-order valence-corrected chi connectivity index (χ1v) is 5.43. The summed E-state index contributed by atoms with van der Waals surface area (Å²) >= 11 is 0. The normalized spacial score (nSPS) is 10.8. The van der Waals surface area contributed by atoms with Crippen molar-refractivity contribution in [3.05, 3.63) is 23.8 Å². The fourth-order valence-electron chi connectivity index (χ4n) is 1.28. The van der Waals surface area contributed by atoms with Gasteiger partial charge in [0.1, 0.15) is 6.61 Å². The van der Waals surface area contributed by atoms with E-state index in [0.717, 1.165) is 0 Å². The molecule has 0 aliphatic heterocycles. The van der Waals surface area contributed by atoms with Crippen LogP contribution in [0.3, 0.4) is 0 Å². The highest BCUT2D eigenvalue weighted by Gasteiger charge is 2.16. The molecule has 0 aromatic heterocycles. The SMILES string of the molecule is CCOc1ccc(OCC(OC)OC)c(F)c1F. The van der Waals surface area contributed by atoms with E-state index in [1.807, 2.05) is 0 Å². The quantitative estimate of drug-likeness (QED) is 0.707. The number of methoxy groups -OCH3 is 2. The highest BCUT2D eigenvalue weighted by Crippen LogP contribution is 2.27. The lowest BCUT2D eigenvalue weighted by Gasteiger charge is -2.15. The van der Waals surface area contributed by atoms with Crippen LogP contribution in [0.5, 0.6) is 11.5 Å². The summed E-state index contributed by atoms with van der Waals surface area (Å²) in [6, 6.07) is 2.61. The molecule has 0 aliphatic rings. The Kier molecular flexibility index (Phi) is 5.80. The molecular weight excluding hydrogens is 246 g/mol. The Hall–Kier alpha value is -1.40. The third kappa shape index (κ3) is 3.54. The Balaban J connectivity index is 2.75. The van der Waals surface area contributed by atoms with Crippen LogP contribution in [0.2, 0.25) is 0 Å². The van der Waals surface area contributed by atoms with Gasteiger partial charge < -0.3 is 18.9 Å². The van der Waals surface area contributed by atoms with Crippen LogP contribution < -0.4 is 9.47 Å². The molecule has 102 valence electrons. The van der Waals surface area contributed by atoms with Crippen molar-refractivity contribution < 1.29 is 27.7 Å². The van der Waals surface area contributed by atoms with Gasteiger partial charge >= 0.3 is 0 Å². The van der Waals surface area contributed by atoms with Crippen LogP contribution in [-0.2, 0) is 9.47 Å². The zero-order chi connectivity index (χ0) is 13.5. The van der Waals surface area contributed by atoms with Gasteiger partial charge in [-0.25, -0.2) is 0 Å². The van der Waals surface area contributed by atoms with E-state index in [9.17, 15) is 8.78 Å². The summed E-state index contributed by atoms with van der Waals surface area (Å²) in [7, 11) is 2.85. The van der Waals surface area contributed by atoms with Gasteiger partial charge in [0, 0.05) is 14.2 Å². The molecule has 18 heavy (non-hydrogen) atoms. The number of benzene rings is 1. The molecule has 0 aliphatic carbocycles. The molecule has 1 aromatic carbocycles. The molecule has 0 fully saturated rings. The van der Waals surface area contributed by atoms with Gasteiger partial charge in [-0.2, -0.15) is 8.78 Å². The van der Waals surface area contributed by atoms with Crippen LogP contribution >= 0.6 is 0 Å². The summed E-state index contributed by atoms with van der Waals surface area (Å²) < 4.78 is 46.8. The zero-order valence-electron chi connectivity index (χ0n) is 10.5. The van der Waals surface area contributed by atoms with Crippen molar-refractivity contribution in [2.75, 3.05) is 27.4 Å². The molecule has 0 heterocycles.